The molecule has 0 aliphatic rings. The summed E-state index contributed by atoms with van der Waals surface area (Å²) in [6.07, 6.45) is 0.542. The first-order valence-electron chi connectivity index (χ1n) is 6.16. The molecule has 0 radical (unpaired) electrons. The van der Waals surface area contributed by atoms with Gasteiger partial charge in [-0.25, -0.2) is 0 Å². The average molecular weight is 266 g/mol. The Morgan fingerprint density at radius 2 is 2.17 bits per heavy atom. The Morgan fingerprint density at radius 1 is 1.44 bits per heavy atom. The van der Waals surface area contributed by atoms with E-state index in [9.17, 15) is 0 Å². The van der Waals surface area contributed by atoms with Crippen LogP contribution in [0.2, 0.25) is 5.02 Å². The summed E-state index contributed by atoms with van der Waals surface area (Å²) in [6.45, 7) is 6.85. The quantitative estimate of drug-likeness (QED) is 0.803. The van der Waals surface area contributed by atoms with Gasteiger partial charge in [-0.3, -0.25) is 4.90 Å². The molecular formula is C14H20ClN3. The van der Waals surface area contributed by atoms with E-state index in [1.807, 2.05) is 12.1 Å². The molecule has 0 heterocycles. The van der Waals surface area contributed by atoms with E-state index in [4.69, 9.17) is 22.6 Å². The average Bonchev–Trinajstić information content (AvgIpc) is 2.29. The molecular weight excluding hydrogens is 246 g/mol. The van der Waals surface area contributed by atoms with Crippen LogP contribution < -0.4 is 5.73 Å². The standard InChI is InChI=1S/C14H20ClN3/c1-11(2)9-18(7-3-6-16)10-12-4-5-13(15)8-14(12)17/h4-5,8,11H,3,7,9-10,17H2,1-2H3. The molecule has 0 unspecified atom stereocenters. The summed E-state index contributed by atoms with van der Waals surface area (Å²) >= 11 is 5.88. The molecule has 0 amide bonds. The number of nitrogens with two attached hydrogens (primary N) is 1. The minimum absolute atomic E-state index is 0.542. The molecule has 0 spiro atoms. The molecule has 0 saturated heterocycles. The number of benzene rings is 1. The second-order valence-corrected chi connectivity index (χ2v) is 5.32. The van der Waals surface area contributed by atoms with Gasteiger partial charge in [-0.15, -0.1) is 0 Å². The van der Waals surface area contributed by atoms with E-state index >= 15 is 0 Å². The SMILES string of the molecule is CC(C)CN(CCC#N)Cc1ccc(Cl)cc1N. The molecule has 0 aromatic heterocycles. The van der Waals surface area contributed by atoms with E-state index in [0.29, 0.717) is 23.0 Å². The molecule has 0 atom stereocenters. The van der Waals surface area contributed by atoms with Gasteiger partial charge in [0, 0.05) is 36.8 Å². The summed E-state index contributed by atoms with van der Waals surface area (Å²) in [7, 11) is 0. The highest BCUT2D eigenvalue weighted by atomic mass is 35.5. The van der Waals surface area contributed by atoms with Gasteiger partial charge in [0.2, 0.25) is 0 Å². The molecule has 1 aromatic rings. The van der Waals surface area contributed by atoms with Crippen LogP contribution in [0.1, 0.15) is 25.8 Å². The largest absolute Gasteiger partial charge is 0.398 e. The molecule has 4 heteroatoms. The number of halogens is 1. The van der Waals surface area contributed by atoms with Crippen molar-refractivity contribution in [2.75, 3.05) is 18.8 Å². The molecule has 18 heavy (non-hydrogen) atoms. The Bertz CT molecular complexity index is 424. The first-order valence-corrected chi connectivity index (χ1v) is 6.54. The zero-order valence-electron chi connectivity index (χ0n) is 11.0. The van der Waals surface area contributed by atoms with Gasteiger partial charge in [0.1, 0.15) is 0 Å². The summed E-state index contributed by atoms with van der Waals surface area (Å²) in [4.78, 5) is 2.26. The third-order valence-electron chi connectivity index (χ3n) is 2.67. The van der Waals surface area contributed by atoms with Crippen molar-refractivity contribution >= 4 is 17.3 Å². The van der Waals surface area contributed by atoms with Crippen molar-refractivity contribution in [3.8, 4) is 6.07 Å². The highest BCUT2D eigenvalue weighted by Gasteiger charge is 2.10. The number of nitriles is 1. The van der Waals surface area contributed by atoms with Crippen LogP contribution in [-0.4, -0.2) is 18.0 Å². The van der Waals surface area contributed by atoms with Crippen molar-refractivity contribution in [3.63, 3.8) is 0 Å². The second kappa shape index (κ2) is 7.25. The minimum atomic E-state index is 0.542. The van der Waals surface area contributed by atoms with Gasteiger partial charge in [-0.2, -0.15) is 5.26 Å². The zero-order chi connectivity index (χ0) is 13.5. The van der Waals surface area contributed by atoms with Gasteiger partial charge in [0.15, 0.2) is 0 Å². The molecule has 0 aliphatic heterocycles. The minimum Gasteiger partial charge on any atom is -0.398 e. The van der Waals surface area contributed by atoms with E-state index in [1.54, 1.807) is 6.07 Å². The van der Waals surface area contributed by atoms with Gasteiger partial charge >= 0.3 is 0 Å². The topological polar surface area (TPSA) is 53.0 Å². The van der Waals surface area contributed by atoms with Gasteiger partial charge in [-0.05, 0) is 23.6 Å². The summed E-state index contributed by atoms with van der Waals surface area (Å²) in [5.74, 6) is 0.567. The molecule has 1 rings (SSSR count). The first-order chi connectivity index (χ1) is 8.52. The van der Waals surface area contributed by atoms with Crippen LogP contribution in [0.25, 0.3) is 0 Å². The molecule has 2 N–H and O–H groups in total. The fourth-order valence-corrected chi connectivity index (χ4v) is 2.09. The third-order valence-corrected chi connectivity index (χ3v) is 2.90. The number of nitrogens with zero attached hydrogens (tertiary/aromatic N) is 2. The maximum atomic E-state index is 8.69. The van der Waals surface area contributed by atoms with Crippen molar-refractivity contribution in [3.05, 3.63) is 28.8 Å². The van der Waals surface area contributed by atoms with E-state index in [-0.39, 0.29) is 0 Å². The van der Waals surface area contributed by atoms with Crippen LogP contribution in [0.5, 0.6) is 0 Å². The molecule has 3 nitrogen and oxygen atoms in total. The zero-order valence-corrected chi connectivity index (χ0v) is 11.7. The van der Waals surface area contributed by atoms with Crippen LogP contribution in [-0.2, 0) is 6.54 Å². The van der Waals surface area contributed by atoms with Gasteiger partial charge in [-0.1, -0.05) is 31.5 Å². The smallest absolute Gasteiger partial charge is 0.0635 e. The Labute approximate surface area is 114 Å². The predicted molar refractivity (Wildman–Crippen MR) is 76.2 cm³/mol. The second-order valence-electron chi connectivity index (χ2n) is 4.88. The number of rotatable bonds is 6. The Morgan fingerprint density at radius 3 is 2.72 bits per heavy atom. The highest BCUT2D eigenvalue weighted by molar-refractivity contribution is 6.30. The summed E-state index contributed by atoms with van der Waals surface area (Å²) in [5, 5.41) is 9.34. The molecule has 0 fully saturated rings. The lowest BCUT2D eigenvalue weighted by Gasteiger charge is -2.24. The molecule has 1 aromatic carbocycles. The van der Waals surface area contributed by atoms with Gasteiger partial charge < -0.3 is 5.73 Å². The molecule has 98 valence electrons. The maximum Gasteiger partial charge on any atom is 0.0635 e. The van der Waals surface area contributed by atoms with Crippen LogP contribution in [0, 0.1) is 17.2 Å². The number of hydrogen-bond acceptors (Lipinski definition) is 3. The van der Waals surface area contributed by atoms with Gasteiger partial charge in [0.05, 0.1) is 6.07 Å². The fraction of sp³-hybridized carbons (Fsp3) is 0.500. The normalized spacial score (nSPS) is 10.9. The summed E-state index contributed by atoms with van der Waals surface area (Å²) in [6, 6.07) is 7.77. The monoisotopic (exact) mass is 265 g/mol. The molecule has 0 saturated carbocycles. The lowest BCUT2D eigenvalue weighted by Crippen LogP contribution is -2.28. The third kappa shape index (κ3) is 4.95. The summed E-state index contributed by atoms with van der Waals surface area (Å²) in [5.41, 5.74) is 7.74. The predicted octanol–water partition coefficient (Wildman–Crippen LogP) is 3.29. The van der Waals surface area contributed by atoms with Crippen LogP contribution >= 0.6 is 11.6 Å². The fourth-order valence-electron chi connectivity index (χ4n) is 1.91. The van der Waals surface area contributed by atoms with E-state index in [2.05, 4.69) is 24.8 Å². The van der Waals surface area contributed by atoms with Crippen molar-refractivity contribution in [1.82, 2.24) is 4.90 Å². The maximum absolute atomic E-state index is 8.69. The Kier molecular flexibility index (Phi) is 5.97. The Hall–Kier alpha value is -1.24. The van der Waals surface area contributed by atoms with Crippen LogP contribution in [0.3, 0.4) is 0 Å². The van der Waals surface area contributed by atoms with Crippen molar-refractivity contribution < 1.29 is 0 Å². The number of hydrogen-bond donors (Lipinski definition) is 1. The number of anilines is 1. The molecule has 0 bridgehead atoms. The van der Waals surface area contributed by atoms with Crippen LogP contribution in [0.15, 0.2) is 18.2 Å². The number of nitrogen functional groups attached to an aromatic ring is 1. The molecule has 0 aliphatic carbocycles. The lowest BCUT2D eigenvalue weighted by molar-refractivity contribution is 0.241. The first kappa shape index (κ1) is 14.8. The summed E-state index contributed by atoms with van der Waals surface area (Å²) < 4.78 is 0. The van der Waals surface area contributed by atoms with E-state index in [1.165, 1.54) is 0 Å². The van der Waals surface area contributed by atoms with Crippen LogP contribution in [0.4, 0.5) is 5.69 Å². The van der Waals surface area contributed by atoms with Gasteiger partial charge in [0.25, 0.3) is 0 Å². The van der Waals surface area contributed by atoms with Crippen molar-refractivity contribution in [2.45, 2.75) is 26.8 Å². The lowest BCUT2D eigenvalue weighted by atomic mass is 10.1. The van der Waals surface area contributed by atoms with Crippen molar-refractivity contribution in [1.29, 1.82) is 5.26 Å². The Balaban J connectivity index is 2.72. The van der Waals surface area contributed by atoms with E-state index < -0.39 is 0 Å². The highest BCUT2D eigenvalue weighted by Crippen LogP contribution is 2.20. The van der Waals surface area contributed by atoms with Crippen molar-refractivity contribution in [2.24, 2.45) is 5.92 Å². The van der Waals surface area contributed by atoms with E-state index in [0.717, 1.165) is 25.2 Å².